The van der Waals surface area contributed by atoms with Crippen LogP contribution in [0.2, 0.25) is 5.02 Å². The Bertz CT molecular complexity index is 711. The van der Waals surface area contributed by atoms with Crippen LogP contribution in [-0.4, -0.2) is 15.7 Å². The van der Waals surface area contributed by atoms with Crippen LogP contribution in [0.15, 0.2) is 16.6 Å². The summed E-state index contributed by atoms with van der Waals surface area (Å²) < 4.78 is 2.25. The second-order valence-corrected chi connectivity index (χ2v) is 5.98. The zero-order valence-corrected chi connectivity index (χ0v) is 14.3. The van der Waals surface area contributed by atoms with Gasteiger partial charge >= 0.3 is 0 Å². The maximum absolute atomic E-state index is 12.4. The van der Waals surface area contributed by atoms with Gasteiger partial charge in [-0.1, -0.05) is 18.5 Å². The van der Waals surface area contributed by atoms with Crippen molar-refractivity contribution in [3.05, 3.63) is 38.6 Å². The summed E-state index contributed by atoms with van der Waals surface area (Å²) in [7, 11) is 1.70. The second-order valence-electron chi connectivity index (χ2n) is 4.72. The van der Waals surface area contributed by atoms with Crippen LogP contribution in [0.25, 0.3) is 0 Å². The Balaban J connectivity index is 2.35. The maximum atomic E-state index is 12.4. The first-order valence-corrected chi connectivity index (χ1v) is 7.60. The molecular weight excluding hydrogens is 356 g/mol. The smallest absolute Gasteiger partial charge is 0.276 e. The highest BCUT2D eigenvalue weighted by Gasteiger charge is 2.20. The topological polar surface area (TPSA) is 72.9 Å². The maximum Gasteiger partial charge on any atom is 0.276 e. The molecule has 0 saturated heterocycles. The molecule has 0 saturated carbocycles. The molecule has 0 atom stereocenters. The molecule has 21 heavy (non-hydrogen) atoms. The van der Waals surface area contributed by atoms with Crippen molar-refractivity contribution in [3.63, 3.8) is 0 Å². The van der Waals surface area contributed by atoms with Gasteiger partial charge in [0.15, 0.2) is 0 Å². The van der Waals surface area contributed by atoms with Crippen LogP contribution in [0.5, 0.6) is 0 Å². The fourth-order valence-corrected chi connectivity index (χ4v) is 2.77. The third-order valence-corrected chi connectivity index (χ3v) is 4.27. The average Bonchev–Trinajstić information content (AvgIpc) is 2.70. The Morgan fingerprint density at radius 3 is 2.76 bits per heavy atom. The molecule has 0 aliphatic heterocycles. The van der Waals surface area contributed by atoms with Gasteiger partial charge in [-0.25, -0.2) is 0 Å². The molecule has 0 unspecified atom stereocenters. The average molecular weight is 372 g/mol. The van der Waals surface area contributed by atoms with E-state index in [0.717, 1.165) is 10.0 Å². The molecule has 1 aromatic heterocycles. The van der Waals surface area contributed by atoms with E-state index in [1.807, 2.05) is 19.9 Å². The molecule has 0 fully saturated rings. The number of halogens is 2. The highest BCUT2D eigenvalue weighted by atomic mass is 79.9. The number of rotatable bonds is 3. The lowest BCUT2D eigenvalue weighted by Crippen LogP contribution is -2.18. The number of nitrogens with one attached hydrogen (secondary N) is 1. The predicted molar refractivity (Wildman–Crippen MR) is 88.8 cm³/mol. The first kappa shape index (κ1) is 15.9. The van der Waals surface area contributed by atoms with Crippen LogP contribution in [-0.2, 0) is 13.5 Å². The molecular formula is C14H16BrClN4O. The number of carbonyl (C=O) groups excluding carboxylic acids is 1. The van der Waals surface area contributed by atoms with E-state index >= 15 is 0 Å². The Morgan fingerprint density at radius 2 is 2.19 bits per heavy atom. The Morgan fingerprint density at radius 1 is 1.52 bits per heavy atom. The molecule has 7 heteroatoms. The lowest BCUT2D eigenvalue weighted by atomic mass is 10.2. The number of benzene rings is 1. The number of amides is 1. The summed E-state index contributed by atoms with van der Waals surface area (Å²) in [5.41, 5.74) is 8.96. The van der Waals surface area contributed by atoms with Gasteiger partial charge in [0.2, 0.25) is 0 Å². The van der Waals surface area contributed by atoms with Crippen molar-refractivity contribution in [2.45, 2.75) is 20.3 Å². The van der Waals surface area contributed by atoms with Gasteiger partial charge in [-0.15, -0.1) is 0 Å². The minimum Gasteiger partial charge on any atom is -0.395 e. The standard InChI is InChI=1S/C14H16BrClN4O/c1-4-10-12(17)13(20(3)19-10)14(21)18-11-6-9(16)7(2)5-8(11)15/h5-6H,4,17H2,1-3H3,(H,18,21). The van der Waals surface area contributed by atoms with Gasteiger partial charge in [0.1, 0.15) is 5.69 Å². The Kier molecular flexibility index (Phi) is 4.58. The van der Waals surface area contributed by atoms with E-state index in [9.17, 15) is 4.79 Å². The van der Waals surface area contributed by atoms with Crippen molar-refractivity contribution >= 4 is 44.8 Å². The number of aryl methyl sites for hydroxylation is 3. The van der Waals surface area contributed by atoms with Crippen molar-refractivity contribution in [1.82, 2.24) is 9.78 Å². The van der Waals surface area contributed by atoms with Crippen LogP contribution >= 0.6 is 27.5 Å². The number of nitrogens with zero attached hydrogens (tertiary/aromatic N) is 2. The van der Waals surface area contributed by atoms with E-state index in [-0.39, 0.29) is 5.91 Å². The van der Waals surface area contributed by atoms with Crippen molar-refractivity contribution in [2.24, 2.45) is 7.05 Å². The van der Waals surface area contributed by atoms with Gasteiger partial charge in [0.05, 0.1) is 17.1 Å². The summed E-state index contributed by atoms with van der Waals surface area (Å²) in [6, 6.07) is 3.55. The van der Waals surface area contributed by atoms with Crippen molar-refractivity contribution in [3.8, 4) is 0 Å². The van der Waals surface area contributed by atoms with E-state index in [1.54, 1.807) is 13.1 Å². The van der Waals surface area contributed by atoms with Crippen LogP contribution in [0.3, 0.4) is 0 Å². The molecule has 0 radical (unpaired) electrons. The zero-order chi connectivity index (χ0) is 15.7. The summed E-state index contributed by atoms with van der Waals surface area (Å²) in [6.07, 6.45) is 0.674. The molecule has 1 heterocycles. The molecule has 2 aromatic rings. The lowest BCUT2D eigenvalue weighted by Gasteiger charge is -2.10. The third kappa shape index (κ3) is 3.06. The lowest BCUT2D eigenvalue weighted by molar-refractivity contribution is 0.101. The normalized spacial score (nSPS) is 10.7. The van der Waals surface area contributed by atoms with Crippen molar-refractivity contribution in [1.29, 1.82) is 0 Å². The number of nitrogens with two attached hydrogens (primary N) is 1. The fraction of sp³-hybridized carbons (Fsp3) is 0.286. The number of hydrogen-bond donors (Lipinski definition) is 2. The number of aromatic nitrogens is 2. The predicted octanol–water partition coefficient (Wildman–Crippen LogP) is 3.54. The van der Waals surface area contributed by atoms with Crippen molar-refractivity contribution in [2.75, 3.05) is 11.1 Å². The summed E-state index contributed by atoms with van der Waals surface area (Å²) in [6.45, 7) is 3.84. The van der Waals surface area contributed by atoms with Gasteiger partial charge < -0.3 is 11.1 Å². The number of carbonyl (C=O) groups is 1. The summed E-state index contributed by atoms with van der Waals surface area (Å²) >= 11 is 9.50. The molecule has 5 nitrogen and oxygen atoms in total. The zero-order valence-electron chi connectivity index (χ0n) is 12.0. The molecule has 3 N–H and O–H groups in total. The first-order valence-electron chi connectivity index (χ1n) is 6.43. The monoisotopic (exact) mass is 370 g/mol. The summed E-state index contributed by atoms with van der Waals surface area (Å²) in [5, 5.41) is 7.63. The van der Waals surface area contributed by atoms with Gasteiger partial charge in [-0.2, -0.15) is 5.10 Å². The van der Waals surface area contributed by atoms with Crippen LogP contribution in [0.1, 0.15) is 28.7 Å². The third-order valence-electron chi connectivity index (χ3n) is 3.21. The fourth-order valence-electron chi connectivity index (χ4n) is 2.05. The molecule has 1 aromatic carbocycles. The van der Waals surface area contributed by atoms with Gasteiger partial charge in [0.25, 0.3) is 5.91 Å². The van der Waals surface area contributed by atoms with E-state index in [1.165, 1.54) is 4.68 Å². The van der Waals surface area contributed by atoms with Gasteiger partial charge in [-0.05, 0) is 47.0 Å². The minimum absolute atomic E-state index is 0.317. The number of anilines is 2. The Hall–Kier alpha value is -1.53. The minimum atomic E-state index is -0.317. The summed E-state index contributed by atoms with van der Waals surface area (Å²) in [4.78, 5) is 12.4. The quantitative estimate of drug-likeness (QED) is 0.866. The van der Waals surface area contributed by atoms with Crippen molar-refractivity contribution < 1.29 is 4.79 Å². The molecule has 1 amide bonds. The molecule has 2 rings (SSSR count). The molecule has 0 aliphatic carbocycles. The van der Waals surface area contributed by atoms with E-state index in [2.05, 4.69) is 26.3 Å². The largest absolute Gasteiger partial charge is 0.395 e. The van der Waals surface area contributed by atoms with E-state index in [4.69, 9.17) is 17.3 Å². The molecule has 0 spiro atoms. The van der Waals surface area contributed by atoms with Crippen LogP contribution in [0, 0.1) is 6.92 Å². The van der Waals surface area contributed by atoms with E-state index in [0.29, 0.717) is 34.2 Å². The molecule has 0 aliphatic rings. The number of nitrogen functional groups attached to an aromatic ring is 1. The highest BCUT2D eigenvalue weighted by molar-refractivity contribution is 9.10. The van der Waals surface area contributed by atoms with Gasteiger partial charge in [-0.3, -0.25) is 9.48 Å². The van der Waals surface area contributed by atoms with Crippen LogP contribution in [0.4, 0.5) is 11.4 Å². The SMILES string of the molecule is CCc1nn(C)c(C(=O)Nc2cc(Cl)c(C)cc2Br)c1N. The second kappa shape index (κ2) is 6.07. The van der Waals surface area contributed by atoms with E-state index < -0.39 is 0 Å². The van der Waals surface area contributed by atoms with Gasteiger partial charge in [0, 0.05) is 16.5 Å². The Labute approximate surface area is 136 Å². The first-order chi connectivity index (χ1) is 9.85. The molecule has 112 valence electrons. The number of hydrogen-bond acceptors (Lipinski definition) is 3. The van der Waals surface area contributed by atoms with Crippen LogP contribution < -0.4 is 11.1 Å². The summed E-state index contributed by atoms with van der Waals surface area (Å²) in [5.74, 6) is -0.317. The highest BCUT2D eigenvalue weighted by Crippen LogP contribution is 2.30. The molecule has 0 bridgehead atoms.